The number of aromatic nitrogens is 2. The molecular formula is C12H10FN3O3S. The summed E-state index contributed by atoms with van der Waals surface area (Å²) in [6, 6.07) is 3.78. The van der Waals surface area contributed by atoms with Crippen molar-refractivity contribution in [1.29, 1.82) is 0 Å². The van der Waals surface area contributed by atoms with Gasteiger partial charge in [-0.3, -0.25) is 9.82 Å². The minimum Gasteiger partial charge on any atom is -0.384 e. The van der Waals surface area contributed by atoms with Gasteiger partial charge in [0, 0.05) is 11.8 Å². The molecule has 2 aromatic rings. The van der Waals surface area contributed by atoms with Gasteiger partial charge in [-0.25, -0.2) is 12.8 Å². The Morgan fingerprint density at radius 3 is 2.85 bits per heavy atom. The summed E-state index contributed by atoms with van der Waals surface area (Å²) >= 11 is 0. The lowest BCUT2D eigenvalue weighted by Crippen LogP contribution is -2.13. The van der Waals surface area contributed by atoms with Crippen LogP contribution in [0.5, 0.6) is 0 Å². The van der Waals surface area contributed by atoms with Crippen molar-refractivity contribution >= 4 is 15.7 Å². The Morgan fingerprint density at radius 1 is 1.45 bits per heavy atom. The Bertz CT molecular complexity index is 761. The molecule has 8 heteroatoms. The molecule has 0 atom stereocenters. The van der Waals surface area contributed by atoms with Crippen LogP contribution >= 0.6 is 0 Å². The lowest BCUT2D eigenvalue weighted by molar-refractivity contribution is 0.350. The molecule has 0 aliphatic heterocycles. The van der Waals surface area contributed by atoms with E-state index in [4.69, 9.17) is 5.11 Å². The molecule has 104 valence electrons. The summed E-state index contributed by atoms with van der Waals surface area (Å²) in [5.41, 5.74) is 0.142. The van der Waals surface area contributed by atoms with Gasteiger partial charge in [-0.2, -0.15) is 5.10 Å². The van der Waals surface area contributed by atoms with Crippen LogP contribution in [-0.2, 0) is 10.0 Å². The number of anilines is 1. The van der Waals surface area contributed by atoms with Crippen molar-refractivity contribution in [2.45, 2.75) is 4.90 Å². The molecule has 0 unspecified atom stereocenters. The maximum atomic E-state index is 13.8. The number of halogens is 1. The highest BCUT2D eigenvalue weighted by Gasteiger charge is 2.17. The molecule has 1 heterocycles. The Kier molecular flexibility index (Phi) is 4.02. The standard InChI is InChI=1S/C12H10FN3O3S/c13-11-6-9(2-1-5-17)3-4-12(11)16-20(18,19)10-7-14-15-8-10/h3-4,6-8,16-17H,5H2,(H,14,15). The number of nitrogens with zero attached hydrogens (tertiary/aromatic N) is 1. The van der Waals surface area contributed by atoms with Gasteiger partial charge in [-0.15, -0.1) is 0 Å². The second-order valence-corrected chi connectivity index (χ2v) is 5.38. The average Bonchev–Trinajstić information content (AvgIpc) is 2.94. The Morgan fingerprint density at radius 2 is 2.25 bits per heavy atom. The summed E-state index contributed by atoms with van der Waals surface area (Å²) in [6.45, 7) is -0.337. The maximum absolute atomic E-state index is 13.8. The Balaban J connectivity index is 2.27. The van der Waals surface area contributed by atoms with Crippen LogP contribution in [0.4, 0.5) is 10.1 Å². The summed E-state index contributed by atoms with van der Waals surface area (Å²) in [4.78, 5) is -0.0963. The summed E-state index contributed by atoms with van der Waals surface area (Å²) in [7, 11) is -3.88. The number of sulfonamides is 1. The minimum atomic E-state index is -3.88. The highest BCUT2D eigenvalue weighted by atomic mass is 32.2. The zero-order chi connectivity index (χ0) is 14.6. The lowest BCUT2D eigenvalue weighted by Gasteiger charge is -2.07. The van der Waals surface area contributed by atoms with Gasteiger partial charge in [0.1, 0.15) is 17.3 Å². The van der Waals surface area contributed by atoms with E-state index in [9.17, 15) is 12.8 Å². The Labute approximate surface area is 114 Å². The topological polar surface area (TPSA) is 95.1 Å². The third-order valence-corrected chi connectivity index (χ3v) is 3.64. The largest absolute Gasteiger partial charge is 0.384 e. The van der Waals surface area contributed by atoms with Gasteiger partial charge < -0.3 is 5.11 Å². The third kappa shape index (κ3) is 3.14. The predicted octanol–water partition coefficient (Wildman–Crippen LogP) is 0.693. The second-order valence-electron chi connectivity index (χ2n) is 3.69. The van der Waals surface area contributed by atoms with Crippen LogP contribution in [0, 0.1) is 17.7 Å². The van der Waals surface area contributed by atoms with Crippen LogP contribution in [0.25, 0.3) is 0 Å². The first-order valence-corrected chi connectivity index (χ1v) is 6.92. The lowest BCUT2D eigenvalue weighted by atomic mass is 10.2. The third-order valence-electron chi connectivity index (χ3n) is 2.31. The molecular weight excluding hydrogens is 285 g/mol. The zero-order valence-corrected chi connectivity index (χ0v) is 10.9. The van der Waals surface area contributed by atoms with Gasteiger partial charge >= 0.3 is 0 Å². The fourth-order valence-corrected chi connectivity index (χ4v) is 2.38. The number of H-pyrrole nitrogens is 1. The molecule has 1 aromatic carbocycles. The van der Waals surface area contributed by atoms with E-state index in [2.05, 4.69) is 26.8 Å². The first-order chi connectivity index (χ1) is 9.53. The number of aliphatic hydroxyl groups is 1. The van der Waals surface area contributed by atoms with Gasteiger partial charge in [0.15, 0.2) is 0 Å². The van der Waals surface area contributed by atoms with Crippen molar-refractivity contribution in [3.05, 3.63) is 42.0 Å². The number of rotatable bonds is 3. The smallest absolute Gasteiger partial charge is 0.265 e. The van der Waals surface area contributed by atoms with Gasteiger partial charge in [-0.05, 0) is 18.2 Å². The van der Waals surface area contributed by atoms with Gasteiger partial charge in [0.2, 0.25) is 0 Å². The molecule has 3 N–H and O–H groups in total. The van der Waals surface area contributed by atoms with Gasteiger partial charge in [0.25, 0.3) is 10.0 Å². The second kappa shape index (κ2) is 5.73. The highest BCUT2D eigenvalue weighted by Crippen LogP contribution is 2.19. The number of benzene rings is 1. The summed E-state index contributed by atoms with van der Waals surface area (Å²) in [5, 5.41) is 14.4. The Hall–Kier alpha value is -2.37. The SMILES string of the molecule is O=S(=O)(Nc1ccc(C#CCO)cc1F)c1cn[nH]c1. The average molecular weight is 295 g/mol. The molecule has 20 heavy (non-hydrogen) atoms. The van der Waals surface area contributed by atoms with Crippen LogP contribution in [0.3, 0.4) is 0 Å². The van der Waals surface area contributed by atoms with E-state index in [0.717, 1.165) is 12.3 Å². The van der Waals surface area contributed by atoms with Crippen molar-refractivity contribution in [2.75, 3.05) is 11.3 Å². The van der Waals surface area contributed by atoms with E-state index in [1.807, 2.05) is 0 Å². The number of aromatic amines is 1. The van der Waals surface area contributed by atoms with Crippen LogP contribution in [0.15, 0.2) is 35.5 Å². The number of nitrogens with one attached hydrogen (secondary N) is 2. The summed E-state index contributed by atoms with van der Waals surface area (Å²) in [5.74, 6) is 4.13. The van der Waals surface area contributed by atoms with E-state index >= 15 is 0 Å². The molecule has 2 rings (SSSR count). The van der Waals surface area contributed by atoms with Crippen molar-refractivity contribution in [3.63, 3.8) is 0 Å². The number of aliphatic hydroxyl groups excluding tert-OH is 1. The van der Waals surface area contributed by atoms with Gasteiger partial charge in [0.05, 0.1) is 11.9 Å². The zero-order valence-electron chi connectivity index (χ0n) is 10.1. The molecule has 0 amide bonds. The van der Waals surface area contributed by atoms with E-state index in [1.54, 1.807) is 0 Å². The molecule has 0 saturated heterocycles. The van der Waals surface area contributed by atoms with Crippen molar-refractivity contribution < 1.29 is 17.9 Å². The first-order valence-electron chi connectivity index (χ1n) is 5.44. The fourth-order valence-electron chi connectivity index (χ4n) is 1.41. The van der Waals surface area contributed by atoms with Crippen LogP contribution in [-0.4, -0.2) is 30.3 Å². The van der Waals surface area contributed by atoms with Crippen LogP contribution < -0.4 is 4.72 Å². The van der Waals surface area contributed by atoms with E-state index in [1.165, 1.54) is 18.3 Å². The van der Waals surface area contributed by atoms with E-state index in [-0.39, 0.29) is 17.2 Å². The molecule has 0 radical (unpaired) electrons. The van der Waals surface area contributed by atoms with Crippen molar-refractivity contribution in [3.8, 4) is 11.8 Å². The molecule has 0 saturated carbocycles. The summed E-state index contributed by atoms with van der Waals surface area (Å²) < 4.78 is 39.6. The molecule has 0 spiro atoms. The normalized spacial score (nSPS) is 10.7. The number of hydrogen-bond acceptors (Lipinski definition) is 4. The molecule has 1 aromatic heterocycles. The number of hydrogen-bond donors (Lipinski definition) is 3. The van der Waals surface area contributed by atoms with E-state index in [0.29, 0.717) is 5.56 Å². The first kappa shape index (κ1) is 14.0. The van der Waals surface area contributed by atoms with Crippen molar-refractivity contribution in [1.82, 2.24) is 10.2 Å². The van der Waals surface area contributed by atoms with Crippen LogP contribution in [0.1, 0.15) is 5.56 Å². The van der Waals surface area contributed by atoms with Crippen LogP contribution in [0.2, 0.25) is 0 Å². The highest BCUT2D eigenvalue weighted by molar-refractivity contribution is 7.92. The molecule has 0 fully saturated rings. The van der Waals surface area contributed by atoms with E-state index < -0.39 is 15.8 Å². The molecule has 6 nitrogen and oxygen atoms in total. The molecule has 0 bridgehead atoms. The fraction of sp³-hybridized carbons (Fsp3) is 0.0833. The quantitative estimate of drug-likeness (QED) is 0.726. The maximum Gasteiger partial charge on any atom is 0.265 e. The predicted molar refractivity (Wildman–Crippen MR) is 69.8 cm³/mol. The minimum absolute atomic E-state index is 0.0963. The molecule has 0 aliphatic carbocycles. The summed E-state index contributed by atoms with van der Waals surface area (Å²) in [6.07, 6.45) is 2.29. The monoisotopic (exact) mass is 295 g/mol. The van der Waals surface area contributed by atoms with Crippen molar-refractivity contribution in [2.24, 2.45) is 0 Å². The molecule has 0 aliphatic rings. The van der Waals surface area contributed by atoms with Gasteiger partial charge in [-0.1, -0.05) is 11.8 Å².